The Kier molecular flexibility index (Phi) is 85.1. The van der Waals surface area contributed by atoms with Gasteiger partial charge in [-0.25, -0.2) is 43.2 Å². The molecule has 2 atom stereocenters. The molecule has 0 aromatic rings. The van der Waals surface area contributed by atoms with Crippen molar-refractivity contribution in [3.8, 4) is 25.0 Å². The van der Waals surface area contributed by atoms with E-state index < -0.39 is 61.0 Å². The van der Waals surface area contributed by atoms with Crippen LogP contribution in [-0.2, 0) is 66.4 Å². The average Bonchev–Trinajstić information content (AvgIpc) is 3.34. The van der Waals surface area contributed by atoms with Crippen LogP contribution in [0, 0.1) is 46.1 Å². The van der Waals surface area contributed by atoms with Gasteiger partial charge in [-0.3, -0.25) is 21.3 Å². The lowest BCUT2D eigenvalue weighted by Gasteiger charge is -2.13. The summed E-state index contributed by atoms with van der Waals surface area (Å²) in [7, 11) is 0. The van der Waals surface area contributed by atoms with Gasteiger partial charge in [0.15, 0.2) is 26.9 Å². The number of amides is 8. The molecular weight excluding hydrogens is 1060 g/mol. The van der Waals surface area contributed by atoms with Gasteiger partial charge in [0.25, 0.3) is 25.0 Å². The maximum absolute atomic E-state index is 11.1. The first-order valence-electron chi connectivity index (χ1n) is 21.1. The zero-order valence-electron chi connectivity index (χ0n) is 40.6. The van der Waals surface area contributed by atoms with Crippen molar-refractivity contribution in [2.45, 2.75) is 104 Å². The Balaban J connectivity index is -0.0000000986. The molecule has 8 N–H and O–H groups in total. The summed E-state index contributed by atoms with van der Waals surface area (Å²) in [5.41, 5.74) is 0. The third kappa shape index (κ3) is 80.2. The predicted molar refractivity (Wildman–Crippen MR) is 276 cm³/mol. The number of alkyl carbamates (subject to hydrolysis) is 8. The normalized spacial score (nSPS) is 8.92. The molecule has 0 heterocycles. The standard InChI is InChI=1S/C11H16N4O7.C10H17N3O5.C9H15N3O5.C8H13N3O5.6CH4/c1-9(22-11(18)15-8-20-5-12)4-19-2-3-21-10(17)14-6-13-7-16;1-2-12-9(14)17-5-3-4-6-18-10(15)13-8-16-7-11;1-3-11-8(13)16-4-7(2)17-9(14)12-6-15-5-10;1-2-10-7(12)15-3-4-16-8(13)11-6-14-5-9;;;;;;/h9H,2-4,6,8H2,1H3,(H,14,17)(H,15,18);2-6,8H2,1H3,(H,12,14)(H,13,15);7H,3-4,6H2,1-2H3,(H,11,13)(H,12,14);2-4,6H2,1H3,(H,10,12)(H,11,13);6*1H4. The summed E-state index contributed by atoms with van der Waals surface area (Å²) in [6.07, 6.45) is 1.56. The summed E-state index contributed by atoms with van der Waals surface area (Å²) >= 11 is 0. The van der Waals surface area contributed by atoms with E-state index in [-0.39, 0.29) is 131 Å². The van der Waals surface area contributed by atoms with Crippen molar-refractivity contribution < 1.29 is 105 Å². The number of isocyanates is 1. The van der Waals surface area contributed by atoms with Gasteiger partial charge in [-0.1, -0.05) is 44.6 Å². The van der Waals surface area contributed by atoms with E-state index in [0.717, 1.165) is 0 Å². The maximum Gasteiger partial charge on any atom is 0.410 e. The number of nitriles is 4. The second-order valence-corrected chi connectivity index (χ2v) is 11.9. The number of nitrogens with one attached hydrogen (secondary N) is 8. The minimum atomic E-state index is -0.757. The van der Waals surface area contributed by atoms with E-state index in [0.29, 0.717) is 32.5 Å². The quantitative estimate of drug-likeness (QED) is 0.0124. The number of hydrogen-bond acceptors (Lipinski definition) is 27. The smallest absolute Gasteiger partial charge is 0.410 e. The molecule has 0 saturated heterocycles. The summed E-state index contributed by atoms with van der Waals surface area (Å²) in [6, 6.07) is 0. The van der Waals surface area contributed by atoms with E-state index in [1.165, 1.54) is 31.1 Å². The van der Waals surface area contributed by atoms with Crippen molar-refractivity contribution in [2.24, 2.45) is 4.99 Å². The van der Waals surface area contributed by atoms with Crippen LogP contribution in [0.1, 0.15) is 92.0 Å². The van der Waals surface area contributed by atoms with Crippen LogP contribution in [0.4, 0.5) is 38.4 Å². The summed E-state index contributed by atoms with van der Waals surface area (Å²) < 4.78 is 59.8. The highest BCUT2D eigenvalue weighted by atomic mass is 16.6. The lowest BCUT2D eigenvalue weighted by Crippen LogP contribution is -2.33. The largest absolute Gasteiger partial charge is 0.450 e. The van der Waals surface area contributed by atoms with Crippen LogP contribution in [-0.4, -0.2) is 173 Å². The lowest BCUT2D eigenvalue weighted by molar-refractivity contribution is 0.0114. The molecule has 0 aromatic heterocycles. The SMILES string of the molecule is C.C.C.C.C.C.CC(COCCOC(=O)NCN=C=O)OC(=O)NCOC#N.CCNC(=O)OCC(C)OC(=O)NCOC#N.CCNC(=O)OCCCCOC(=O)NCOC#N.CCNC(=O)OCCOC(=O)NCOC#N. The first kappa shape index (κ1) is 92.3. The third-order valence-corrected chi connectivity index (χ3v) is 6.18. The molecule has 0 aromatic carbocycles. The molecule has 8 amide bonds. The Bertz CT molecular complexity index is 1770. The molecule has 0 saturated carbocycles. The van der Waals surface area contributed by atoms with Crippen molar-refractivity contribution in [3.63, 3.8) is 0 Å². The molecule has 79 heavy (non-hydrogen) atoms. The van der Waals surface area contributed by atoms with Crippen LogP contribution in [0.3, 0.4) is 0 Å². The number of carbonyl (C=O) groups excluding carboxylic acids is 9. The van der Waals surface area contributed by atoms with Crippen LogP contribution >= 0.6 is 0 Å². The minimum absolute atomic E-state index is 0. The van der Waals surface area contributed by atoms with Gasteiger partial charge in [0, 0.05) is 19.6 Å². The van der Waals surface area contributed by atoms with E-state index in [2.05, 4.69) is 80.7 Å². The van der Waals surface area contributed by atoms with Crippen molar-refractivity contribution in [2.75, 3.05) is 106 Å². The van der Waals surface area contributed by atoms with Crippen LogP contribution in [0.2, 0.25) is 0 Å². The van der Waals surface area contributed by atoms with Gasteiger partial charge in [-0.05, 0) is 47.5 Å². The van der Waals surface area contributed by atoms with Gasteiger partial charge in [0.2, 0.25) is 6.08 Å². The van der Waals surface area contributed by atoms with Crippen molar-refractivity contribution in [3.05, 3.63) is 0 Å². The summed E-state index contributed by atoms with van der Waals surface area (Å²) in [4.78, 5) is 100. The number of rotatable bonds is 30. The van der Waals surface area contributed by atoms with Crippen LogP contribution in [0.5, 0.6) is 0 Å². The highest BCUT2D eigenvalue weighted by Gasteiger charge is 2.12. The molecule has 0 rings (SSSR count). The molecule has 0 aliphatic heterocycles. The molecule has 0 fully saturated rings. The zero-order valence-corrected chi connectivity index (χ0v) is 40.6. The third-order valence-electron chi connectivity index (χ3n) is 6.18. The molecule has 458 valence electrons. The van der Waals surface area contributed by atoms with Gasteiger partial charge in [0.05, 0.1) is 26.4 Å². The minimum Gasteiger partial charge on any atom is -0.450 e. The molecule has 2 unspecified atom stereocenters. The van der Waals surface area contributed by atoms with Crippen LogP contribution in [0.15, 0.2) is 4.99 Å². The zero-order chi connectivity index (χ0) is 55.6. The molecule has 35 nitrogen and oxygen atoms in total. The monoisotopic (exact) mass is 1150 g/mol. The number of unbranched alkanes of at least 4 members (excludes halogenated alkanes) is 1. The fourth-order valence-corrected chi connectivity index (χ4v) is 3.34. The number of ether oxygens (including phenoxy) is 13. The maximum atomic E-state index is 11.1. The summed E-state index contributed by atoms with van der Waals surface area (Å²) in [6.45, 7) is 9.14. The highest BCUT2D eigenvalue weighted by molar-refractivity contribution is 5.69. The van der Waals surface area contributed by atoms with Gasteiger partial charge >= 0.3 is 48.7 Å². The second-order valence-electron chi connectivity index (χ2n) is 11.9. The van der Waals surface area contributed by atoms with Gasteiger partial charge in [-0.15, -0.1) is 0 Å². The number of aliphatic imine (C=N–C) groups is 1. The molecular formula is C44H85N13O22. The first-order valence-corrected chi connectivity index (χ1v) is 21.1. The predicted octanol–water partition coefficient (Wildman–Crippen LogP) is 4.32. The Morgan fingerprint density at radius 1 is 0.405 bits per heavy atom. The second kappa shape index (κ2) is 72.9. The van der Waals surface area contributed by atoms with E-state index in [1.807, 2.05) is 0 Å². The Labute approximate surface area is 462 Å². The average molecular weight is 1150 g/mol. The van der Waals surface area contributed by atoms with E-state index in [1.54, 1.807) is 34.6 Å². The van der Waals surface area contributed by atoms with Crippen molar-refractivity contribution in [1.82, 2.24) is 42.5 Å². The van der Waals surface area contributed by atoms with Gasteiger partial charge < -0.3 is 82.8 Å². The van der Waals surface area contributed by atoms with Crippen molar-refractivity contribution >= 4 is 54.8 Å². The van der Waals surface area contributed by atoms with Gasteiger partial charge in [-0.2, -0.15) is 26.0 Å². The Morgan fingerprint density at radius 2 is 0.696 bits per heavy atom. The molecule has 0 aliphatic carbocycles. The molecule has 0 aliphatic rings. The number of carbonyl (C=O) groups is 8. The summed E-state index contributed by atoms with van der Waals surface area (Å²) in [5, 5.41) is 50.3. The molecule has 0 spiro atoms. The fraction of sp³-hybridized carbons (Fsp3) is 0.705. The number of nitrogens with zero attached hydrogens (tertiary/aromatic N) is 5. The highest BCUT2D eigenvalue weighted by Crippen LogP contribution is 1.96. The van der Waals surface area contributed by atoms with E-state index in [9.17, 15) is 43.2 Å². The topological polar surface area (TPSA) is 477 Å². The molecule has 0 radical (unpaired) electrons. The van der Waals surface area contributed by atoms with E-state index in [4.69, 9.17) is 49.5 Å². The lowest BCUT2D eigenvalue weighted by atomic mass is 10.3. The van der Waals surface area contributed by atoms with Gasteiger partial charge in [0.1, 0.15) is 45.3 Å². The summed E-state index contributed by atoms with van der Waals surface area (Å²) in [5.74, 6) is 0. The van der Waals surface area contributed by atoms with Crippen LogP contribution in [0.25, 0.3) is 0 Å². The molecule has 35 heteroatoms. The molecule has 0 bridgehead atoms. The van der Waals surface area contributed by atoms with Crippen molar-refractivity contribution in [1.29, 1.82) is 21.0 Å². The Hall–Kier alpha value is -9.34. The Morgan fingerprint density at radius 3 is 1.04 bits per heavy atom. The fourth-order valence-electron chi connectivity index (χ4n) is 3.34. The number of hydrogen-bond donors (Lipinski definition) is 8. The first-order chi connectivity index (χ1) is 35.1. The van der Waals surface area contributed by atoms with Crippen LogP contribution < -0.4 is 42.5 Å². The van der Waals surface area contributed by atoms with E-state index >= 15 is 0 Å².